The predicted molar refractivity (Wildman–Crippen MR) is 83.1 cm³/mol. The molecule has 1 aliphatic carbocycles. The lowest BCUT2D eigenvalue weighted by molar-refractivity contribution is -0.122. The molecule has 6 heteroatoms. The number of carbonyl (C=O) groups is 2. The van der Waals surface area contributed by atoms with Crippen molar-refractivity contribution in [1.82, 2.24) is 10.6 Å². The fraction of sp³-hybridized carbons (Fsp3) is 0.467. The summed E-state index contributed by atoms with van der Waals surface area (Å²) < 4.78 is 0. The van der Waals surface area contributed by atoms with Gasteiger partial charge in [0.05, 0.1) is 11.4 Å². The molecule has 0 bridgehead atoms. The van der Waals surface area contributed by atoms with Crippen molar-refractivity contribution in [2.75, 3.05) is 30.7 Å². The first-order valence-electron chi connectivity index (χ1n) is 7.31. The van der Waals surface area contributed by atoms with E-state index in [2.05, 4.69) is 16.0 Å². The number of hydrogen-bond acceptors (Lipinski definition) is 4. The van der Waals surface area contributed by atoms with Crippen LogP contribution in [0.3, 0.4) is 0 Å². The van der Waals surface area contributed by atoms with Crippen molar-refractivity contribution in [3.63, 3.8) is 0 Å². The highest BCUT2D eigenvalue weighted by Gasteiger charge is 2.28. The van der Waals surface area contributed by atoms with E-state index in [0.29, 0.717) is 36.6 Å². The number of amides is 2. The molecule has 2 rings (SSSR count). The number of benzene rings is 1. The van der Waals surface area contributed by atoms with Crippen molar-refractivity contribution in [2.24, 2.45) is 5.92 Å². The number of nitrogens with one attached hydrogen (secondary N) is 3. The highest BCUT2D eigenvalue weighted by molar-refractivity contribution is 5.96. The number of nitrogens with two attached hydrogens (primary N) is 1. The molecule has 0 unspecified atom stereocenters. The van der Waals surface area contributed by atoms with Gasteiger partial charge in [-0.25, -0.2) is 0 Å². The van der Waals surface area contributed by atoms with Gasteiger partial charge < -0.3 is 21.7 Å². The number of anilines is 2. The molecule has 5 N–H and O–H groups in total. The molecule has 0 aliphatic heterocycles. The second kappa shape index (κ2) is 6.97. The van der Waals surface area contributed by atoms with Gasteiger partial charge in [0.25, 0.3) is 5.91 Å². The third kappa shape index (κ3) is 4.37. The quantitative estimate of drug-likeness (QED) is 0.444. The van der Waals surface area contributed by atoms with E-state index in [9.17, 15) is 9.59 Å². The van der Waals surface area contributed by atoms with E-state index in [1.807, 2.05) is 6.92 Å². The lowest BCUT2D eigenvalue weighted by Crippen LogP contribution is -2.30. The van der Waals surface area contributed by atoms with Crippen LogP contribution in [0, 0.1) is 5.92 Å². The normalized spacial score (nSPS) is 13.6. The Morgan fingerprint density at radius 2 is 2.00 bits per heavy atom. The molecule has 6 nitrogen and oxygen atoms in total. The molecule has 0 heterocycles. The summed E-state index contributed by atoms with van der Waals surface area (Å²) in [6, 6.07) is 5.12. The van der Waals surface area contributed by atoms with E-state index in [1.54, 1.807) is 18.2 Å². The third-order valence-corrected chi connectivity index (χ3v) is 3.34. The lowest BCUT2D eigenvalue weighted by atomic mass is 10.1. The molecule has 1 aliphatic rings. The standard InChI is InChI=1S/C15H22N4O2/c1-2-17-15(21)11-5-6-12(16)13(9-11)18-7-8-19-14(20)10-3-4-10/h5-6,9-10,18H,2-4,7-8,16H2,1H3,(H,17,21)(H,19,20). The van der Waals surface area contributed by atoms with Crippen molar-refractivity contribution in [3.8, 4) is 0 Å². The maximum absolute atomic E-state index is 11.8. The number of rotatable bonds is 7. The summed E-state index contributed by atoms with van der Waals surface area (Å²) in [6.07, 6.45) is 2.00. The van der Waals surface area contributed by atoms with Crippen LogP contribution >= 0.6 is 0 Å². The van der Waals surface area contributed by atoms with Gasteiger partial charge in [-0.15, -0.1) is 0 Å². The Morgan fingerprint density at radius 3 is 2.67 bits per heavy atom. The average molecular weight is 290 g/mol. The first kappa shape index (κ1) is 15.2. The molecule has 0 aromatic heterocycles. The molecule has 1 aromatic carbocycles. The van der Waals surface area contributed by atoms with Gasteiger partial charge in [-0.2, -0.15) is 0 Å². The molecule has 0 radical (unpaired) electrons. The lowest BCUT2D eigenvalue weighted by Gasteiger charge is -2.12. The zero-order valence-corrected chi connectivity index (χ0v) is 12.2. The Kier molecular flexibility index (Phi) is 5.03. The van der Waals surface area contributed by atoms with Gasteiger partial charge in [-0.3, -0.25) is 9.59 Å². The summed E-state index contributed by atoms with van der Waals surface area (Å²) in [5, 5.41) is 8.76. The summed E-state index contributed by atoms with van der Waals surface area (Å²) in [7, 11) is 0. The second-order valence-corrected chi connectivity index (χ2v) is 5.15. The van der Waals surface area contributed by atoms with Gasteiger partial charge in [0.1, 0.15) is 0 Å². The Balaban J connectivity index is 1.84. The Hall–Kier alpha value is -2.24. The summed E-state index contributed by atoms with van der Waals surface area (Å²) in [5.74, 6) is 0.222. The van der Waals surface area contributed by atoms with Crippen LogP contribution in [-0.2, 0) is 4.79 Å². The molecule has 0 saturated heterocycles. The van der Waals surface area contributed by atoms with Crippen LogP contribution in [0.4, 0.5) is 11.4 Å². The highest BCUT2D eigenvalue weighted by Crippen LogP contribution is 2.28. The summed E-state index contributed by atoms with van der Waals surface area (Å²) in [5.41, 5.74) is 7.74. The van der Waals surface area contributed by atoms with Crippen LogP contribution in [-0.4, -0.2) is 31.4 Å². The van der Waals surface area contributed by atoms with Crippen molar-refractivity contribution >= 4 is 23.2 Å². The maximum Gasteiger partial charge on any atom is 0.251 e. The topological polar surface area (TPSA) is 96.2 Å². The minimum atomic E-state index is -0.123. The van der Waals surface area contributed by atoms with Gasteiger partial charge in [0, 0.05) is 31.1 Å². The SMILES string of the molecule is CCNC(=O)c1ccc(N)c(NCCNC(=O)C2CC2)c1. The van der Waals surface area contributed by atoms with Crippen LogP contribution < -0.4 is 21.7 Å². The van der Waals surface area contributed by atoms with Gasteiger partial charge in [0.15, 0.2) is 0 Å². The summed E-state index contributed by atoms with van der Waals surface area (Å²) >= 11 is 0. The van der Waals surface area contributed by atoms with E-state index in [0.717, 1.165) is 12.8 Å². The third-order valence-electron chi connectivity index (χ3n) is 3.34. The van der Waals surface area contributed by atoms with Crippen molar-refractivity contribution in [3.05, 3.63) is 23.8 Å². The van der Waals surface area contributed by atoms with Crippen molar-refractivity contribution in [2.45, 2.75) is 19.8 Å². The summed E-state index contributed by atoms with van der Waals surface area (Å²) in [4.78, 5) is 23.3. The zero-order chi connectivity index (χ0) is 15.2. The molecule has 2 amide bonds. The fourth-order valence-electron chi connectivity index (χ4n) is 1.99. The maximum atomic E-state index is 11.8. The van der Waals surface area contributed by atoms with E-state index < -0.39 is 0 Å². The second-order valence-electron chi connectivity index (χ2n) is 5.15. The van der Waals surface area contributed by atoms with Crippen LogP contribution in [0.1, 0.15) is 30.1 Å². The van der Waals surface area contributed by atoms with Crippen LogP contribution in [0.5, 0.6) is 0 Å². The van der Waals surface area contributed by atoms with E-state index in [-0.39, 0.29) is 17.7 Å². The first-order valence-corrected chi connectivity index (χ1v) is 7.31. The van der Waals surface area contributed by atoms with Gasteiger partial charge in [-0.05, 0) is 38.0 Å². The van der Waals surface area contributed by atoms with E-state index >= 15 is 0 Å². The average Bonchev–Trinajstić information content (AvgIpc) is 3.30. The minimum Gasteiger partial charge on any atom is -0.397 e. The number of nitrogen functional groups attached to an aromatic ring is 1. The van der Waals surface area contributed by atoms with Crippen LogP contribution in [0.2, 0.25) is 0 Å². The van der Waals surface area contributed by atoms with E-state index in [1.165, 1.54) is 0 Å². The van der Waals surface area contributed by atoms with Gasteiger partial charge in [-0.1, -0.05) is 0 Å². The molecular formula is C15H22N4O2. The number of carbonyl (C=O) groups excluding carboxylic acids is 2. The molecule has 0 atom stereocenters. The van der Waals surface area contributed by atoms with Crippen LogP contribution in [0.25, 0.3) is 0 Å². The fourth-order valence-corrected chi connectivity index (χ4v) is 1.99. The van der Waals surface area contributed by atoms with Gasteiger partial charge >= 0.3 is 0 Å². The molecule has 21 heavy (non-hydrogen) atoms. The highest BCUT2D eigenvalue weighted by atomic mass is 16.2. The van der Waals surface area contributed by atoms with Gasteiger partial charge in [0.2, 0.25) is 5.91 Å². The molecule has 0 spiro atoms. The first-order chi connectivity index (χ1) is 10.1. The minimum absolute atomic E-state index is 0.123. The summed E-state index contributed by atoms with van der Waals surface area (Å²) in [6.45, 7) is 3.57. The Labute approximate surface area is 124 Å². The van der Waals surface area contributed by atoms with Crippen molar-refractivity contribution < 1.29 is 9.59 Å². The number of hydrogen-bond donors (Lipinski definition) is 4. The molecular weight excluding hydrogens is 268 g/mol. The molecule has 1 aromatic rings. The monoisotopic (exact) mass is 290 g/mol. The zero-order valence-electron chi connectivity index (χ0n) is 12.2. The molecule has 1 fully saturated rings. The molecule has 114 valence electrons. The predicted octanol–water partition coefficient (Wildman–Crippen LogP) is 0.957. The largest absolute Gasteiger partial charge is 0.397 e. The van der Waals surface area contributed by atoms with E-state index in [4.69, 9.17) is 5.73 Å². The van der Waals surface area contributed by atoms with Crippen molar-refractivity contribution in [1.29, 1.82) is 0 Å². The van der Waals surface area contributed by atoms with Crippen LogP contribution in [0.15, 0.2) is 18.2 Å². The Morgan fingerprint density at radius 1 is 1.24 bits per heavy atom. The molecule has 1 saturated carbocycles. The smallest absolute Gasteiger partial charge is 0.251 e. The Bertz CT molecular complexity index is 526.